The maximum Gasteiger partial charge on any atom is 0.410 e. The molecule has 33 heavy (non-hydrogen) atoms. The molecular weight excluding hydrogens is 442 g/mol. The second kappa shape index (κ2) is 9.22. The zero-order valence-electron chi connectivity index (χ0n) is 19.1. The number of aryl methyl sites for hydroxylation is 1. The number of rotatable bonds is 4. The van der Waals surface area contributed by atoms with Gasteiger partial charge in [0.05, 0.1) is 16.8 Å². The highest BCUT2D eigenvalue weighted by atomic mass is 32.1. The summed E-state index contributed by atoms with van der Waals surface area (Å²) in [7, 11) is 0. The molecule has 0 aromatic carbocycles. The van der Waals surface area contributed by atoms with Crippen LogP contribution in [0.2, 0.25) is 0 Å². The van der Waals surface area contributed by atoms with Crippen molar-refractivity contribution in [3.63, 3.8) is 0 Å². The fourth-order valence-electron chi connectivity index (χ4n) is 3.41. The Morgan fingerprint density at radius 3 is 2.52 bits per heavy atom. The summed E-state index contributed by atoms with van der Waals surface area (Å²) in [5, 5.41) is 4.70. The second-order valence-corrected chi connectivity index (χ2v) is 9.66. The molecule has 0 bridgehead atoms. The Kier molecular flexibility index (Phi) is 6.37. The van der Waals surface area contributed by atoms with Gasteiger partial charge in [-0.05, 0) is 51.3 Å². The minimum atomic E-state index is -0.506. The normalized spacial score (nSPS) is 14.3. The average molecular weight is 470 g/mol. The van der Waals surface area contributed by atoms with E-state index in [2.05, 4.69) is 20.2 Å². The summed E-state index contributed by atoms with van der Waals surface area (Å²) in [6.45, 7) is 9.80. The first kappa shape index (κ1) is 22.8. The fraction of sp³-hybridized carbons (Fsp3) is 0.391. The van der Waals surface area contributed by atoms with E-state index in [0.717, 1.165) is 10.6 Å². The van der Waals surface area contributed by atoms with Gasteiger partial charge in [0.1, 0.15) is 17.2 Å². The quantitative estimate of drug-likeness (QED) is 0.604. The topological polar surface area (TPSA) is 101 Å². The lowest BCUT2D eigenvalue weighted by atomic mass is 10.2. The van der Waals surface area contributed by atoms with Crippen LogP contribution in [0.15, 0.2) is 40.3 Å². The van der Waals surface area contributed by atoms with Gasteiger partial charge in [0.25, 0.3) is 5.91 Å². The van der Waals surface area contributed by atoms with Crippen molar-refractivity contribution in [2.45, 2.75) is 33.3 Å². The molecule has 0 radical (unpaired) electrons. The number of carbonyl (C=O) groups is 2. The molecule has 0 spiro atoms. The van der Waals surface area contributed by atoms with Gasteiger partial charge in [-0.1, -0.05) is 6.07 Å². The number of aromatic nitrogens is 2. The van der Waals surface area contributed by atoms with Gasteiger partial charge >= 0.3 is 6.09 Å². The Labute approximate surface area is 196 Å². The van der Waals surface area contributed by atoms with E-state index in [1.54, 1.807) is 24.1 Å². The molecule has 1 aliphatic heterocycles. The van der Waals surface area contributed by atoms with Crippen LogP contribution in [0.25, 0.3) is 10.8 Å². The molecule has 4 rings (SSSR count). The van der Waals surface area contributed by atoms with E-state index in [0.29, 0.717) is 43.6 Å². The number of thiophene rings is 1. The van der Waals surface area contributed by atoms with Crippen molar-refractivity contribution >= 4 is 34.8 Å². The molecule has 1 N–H and O–H groups in total. The number of nitrogens with one attached hydrogen (secondary N) is 1. The minimum absolute atomic E-state index is 0.238. The number of oxazole rings is 1. The van der Waals surface area contributed by atoms with Gasteiger partial charge in [0.15, 0.2) is 5.69 Å². The summed E-state index contributed by atoms with van der Waals surface area (Å²) in [6, 6.07) is 7.45. The number of piperazine rings is 1. The fourth-order valence-corrected chi connectivity index (χ4v) is 4.06. The van der Waals surface area contributed by atoms with E-state index in [9.17, 15) is 9.59 Å². The lowest BCUT2D eigenvalue weighted by molar-refractivity contribution is 0.0240. The first-order valence-electron chi connectivity index (χ1n) is 10.7. The molecule has 9 nitrogen and oxygen atoms in total. The molecule has 1 fully saturated rings. The molecule has 0 unspecified atom stereocenters. The monoisotopic (exact) mass is 469 g/mol. The van der Waals surface area contributed by atoms with Crippen LogP contribution in [0.1, 0.15) is 37.0 Å². The molecule has 1 saturated heterocycles. The van der Waals surface area contributed by atoms with Gasteiger partial charge in [-0.2, -0.15) is 0 Å². The highest BCUT2D eigenvalue weighted by Gasteiger charge is 2.26. The van der Waals surface area contributed by atoms with Crippen LogP contribution in [0, 0.1) is 6.92 Å². The van der Waals surface area contributed by atoms with Crippen LogP contribution in [-0.4, -0.2) is 58.6 Å². The van der Waals surface area contributed by atoms with Gasteiger partial charge in [-0.3, -0.25) is 4.79 Å². The Hall–Kier alpha value is -3.40. The second-order valence-electron chi connectivity index (χ2n) is 8.71. The van der Waals surface area contributed by atoms with Gasteiger partial charge < -0.3 is 24.3 Å². The maximum atomic E-state index is 12.7. The molecular formula is C23H27N5O4S. The van der Waals surface area contributed by atoms with Crippen LogP contribution >= 0.6 is 11.3 Å². The highest BCUT2D eigenvalue weighted by Crippen LogP contribution is 2.26. The lowest BCUT2D eigenvalue weighted by Gasteiger charge is -2.36. The maximum absolute atomic E-state index is 12.7. The number of amides is 2. The number of anilines is 2. The van der Waals surface area contributed by atoms with Crippen molar-refractivity contribution in [2.75, 3.05) is 36.4 Å². The SMILES string of the molecule is Cc1oc(-c2cccs2)nc1C(=O)Nc1ccc(N2CCN(C(=O)OC(C)(C)C)CC2)cn1. The largest absolute Gasteiger partial charge is 0.444 e. The molecule has 2 amide bonds. The van der Waals surface area contributed by atoms with Gasteiger partial charge in [-0.15, -0.1) is 11.3 Å². The number of pyridine rings is 1. The summed E-state index contributed by atoms with van der Waals surface area (Å²) in [6.07, 6.45) is 1.43. The first-order chi connectivity index (χ1) is 15.7. The summed E-state index contributed by atoms with van der Waals surface area (Å²) in [5.41, 5.74) is 0.658. The van der Waals surface area contributed by atoms with Crippen LogP contribution in [-0.2, 0) is 4.74 Å². The van der Waals surface area contributed by atoms with Crippen molar-refractivity contribution in [3.8, 4) is 10.8 Å². The zero-order valence-corrected chi connectivity index (χ0v) is 19.9. The van der Waals surface area contributed by atoms with Crippen LogP contribution < -0.4 is 10.2 Å². The Balaban J connectivity index is 1.34. The summed E-state index contributed by atoms with van der Waals surface area (Å²) < 4.78 is 11.1. The number of hydrogen-bond acceptors (Lipinski definition) is 8. The highest BCUT2D eigenvalue weighted by molar-refractivity contribution is 7.13. The third-order valence-electron chi connectivity index (χ3n) is 5.03. The molecule has 0 aliphatic carbocycles. The van der Waals surface area contributed by atoms with E-state index in [-0.39, 0.29) is 17.7 Å². The molecule has 0 saturated carbocycles. The molecule has 1 aliphatic rings. The number of carbonyl (C=O) groups excluding carboxylic acids is 2. The number of ether oxygens (including phenoxy) is 1. The van der Waals surface area contributed by atoms with Crippen molar-refractivity contribution in [1.82, 2.24) is 14.9 Å². The Morgan fingerprint density at radius 1 is 1.15 bits per heavy atom. The molecule has 0 atom stereocenters. The Morgan fingerprint density at radius 2 is 1.91 bits per heavy atom. The van der Waals surface area contributed by atoms with Crippen molar-refractivity contribution in [1.29, 1.82) is 0 Å². The third kappa shape index (κ3) is 5.51. The molecule has 3 aromatic rings. The van der Waals surface area contributed by atoms with Crippen molar-refractivity contribution in [3.05, 3.63) is 47.3 Å². The molecule has 10 heteroatoms. The Bertz CT molecular complexity index is 1110. The molecule has 174 valence electrons. The first-order valence-corrected chi connectivity index (χ1v) is 11.6. The average Bonchev–Trinajstić information content (AvgIpc) is 3.43. The van der Waals surface area contributed by atoms with Gasteiger partial charge in [0.2, 0.25) is 5.89 Å². The predicted octanol–water partition coefficient (Wildman–Crippen LogP) is 4.42. The molecule has 4 heterocycles. The van der Waals surface area contributed by atoms with Crippen LogP contribution in [0.5, 0.6) is 0 Å². The molecule has 3 aromatic heterocycles. The van der Waals surface area contributed by atoms with E-state index < -0.39 is 5.60 Å². The lowest BCUT2D eigenvalue weighted by Crippen LogP contribution is -2.50. The zero-order chi connectivity index (χ0) is 23.6. The van der Waals surface area contributed by atoms with Crippen molar-refractivity contribution < 1.29 is 18.7 Å². The number of nitrogens with zero attached hydrogens (tertiary/aromatic N) is 4. The van der Waals surface area contributed by atoms with E-state index in [1.807, 2.05) is 44.4 Å². The standard InChI is InChI=1S/C23H27N5O4S/c1-15-19(26-21(31-15)17-6-5-13-33-17)20(29)25-18-8-7-16(14-24-18)27-9-11-28(12-10-27)22(30)32-23(2,3)4/h5-8,13-14H,9-12H2,1-4H3,(H,24,25,29). The summed E-state index contributed by atoms with van der Waals surface area (Å²) in [4.78, 5) is 38.3. The smallest absolute Gasteiger partial charge is 0.410 e. The summed E-state index contributed by atoms with van der Waals surface area (Å²) >= 11 is 1.50. The summed E-state index contributed by atoms with van der Waals surface area (Å²) in [5.74, 6) is 0.943. The third-order valence-corrected chi connectivity index (χ3v) is 5.89. The van der Waals surface area contributed by atoms with Gasteiger partial charge in [-0.25, -0.2) is 14.8 Å². The van der Waals surface area contributed by atoms with Gasteiger partial charge in [0, 0.05) is 26.2 Å². The minimum Gasteiger partial charge on any atom is -0.444 e. The van der Waals surface area contributed by atoms with Crippen molar-refractivity contribution in [2.24, 2.45) is 0 Å². The van der Waals surface area contributed by atoms with E-state index in [1.165, 1.54) is 11.3 Å². The van der Waals surface area contributed by atoms with E-state index >= 15 is 0 Å². The van der Waals surface area contributed by atoms with E-state index in [4.69, 9.17) is 9.15 Å². The predicted molar refractivity (Wildman–Crippen MR) is 127 cm³/mol. The van der Waals surface area contributed by atoms with Crippen LogP contribution in [0.3, 0.4) is 0 Å². The number of hydrogen-bond donors (Lipinski definition) is 1. The van der Waals surface area contributed by atoms with Crippen LogP contribution in [0.4, 0.5) is 16.3 Å².